The highest BCUT2D eigenvalue weighted by Crippen LogP contribution is 2.38. The van der Waals surface area contributed by atoms with Crippen molar-refractivity contribution in [2.24, 2.45) is 0 Å². The van der Waals surface area contributed by atoms with Gasteiger partial charge in [-0.15, -0.1) is 10.2 Å². The molecule has 1 N–H and O–H groups in total. The first-order valence-corrected chi connectivity index (χ1v) is 9.36. The molecule has 0 spiro atoms. The molecule has 1 aromatic carbocycles. The summed E-state index contributed by atoms with van der Waals surface area (Å²) in [7, 11) is 0. The summed E-state index contributed by atoms with van der Waals surface area (Å²) in [4.78, 5) is 15.0. The lowest BCUT2D eigenvalue weighted by Gasteiger charge is -2.36. The maximum atomic E-state index is 13.1. The minimum absolute atomic E-state index is 0.0904. The van der Waals surface area contributed by atoms with Crippen molar-refractivity contribution in [1.29, 1.82) is 0 Å². The fourth-order valence-electron chi connectivity index (χ4n) is 3.03. The van der Waals surface area contributed by atoms with E-state index in [1.807, 2.05) is 40.8 Å². The lowest BCUT2D eigenvalue weighted by Crippen LogP contribution is -2.49. The second-order valence-corrected chi connectivity index (χ2v) is 7.54. The molecule has 1 saturated heterocycles. The number of hydrogen-bond donors (Lipinski definition) is 1. The summed E-state index contributed by atoms with van der Waals surface area (Å²) in [6.07, 6.45) is 0. The molecule has 2 aliphatic rings. The molecule has 7 nitrogen and oxygen atoms in total. The number of nitrogens with zero attached hydrogens (tertiary/aromatic N) is 4. The molecule has 0 radical (unpaired) electrons. The molecule has 0 saturated carbocycles. The number of ether oxygens (including phenoxy) is 1. The zero-order valence-electron chi connectivity index (χ0n) is 13.7. The third-order valence-corrected chi connectivity index (χ3v) is 5.85. The van der Waals surface area contributed by atoms with Gasteiger partial charge in [0, 0.05) is 18.1 Å². The first-order valence-electron chi connectivity index (χ1n) is 8.11. The number of nitrogens with one attached hydrogen (secondary N) is 1. The second-order valence-electron chi connectivity index (χ2n) is 6.00. The van der Waals surface area contributed by atoms with E-state index < -0.39 is 0 Å². The normalized spacial score (nSPS) is 23.0. The van der Waals surface area contributed by atoms with Gasteiger partial charge >= 0.3 is 0 Å². The van der Waals surface area contributed by atoms with Gasteiger partial charge in [-0.1, -0.05) is 35.5 Å². The first kappa shape index (κ1) is 16.7. The van der Waals surface area contributed by atoms with Crippen LogP contribution in [0.1, 0.15) is 17.4 Å². The summed E-state index contributed by atoms with van der Waals surface area (Å²) < 4.78 is 7.20. The molecule has 0 unspecified atom stereocenters. The van der Waals surface area contributed by atoms with E-state index in [1.165, 1.54) is 11.8 Å². The number of aryl methyl sites for hydroxylation is 1. The van der Waals surface area contributed by atoms with Gasteiger partial charge < -0.3 is 15.1 Å². The molecular formula is C16H18ClN5O2S. The van der Waals surface area contributed by atoms with Crippen molar-refractivity contribution in [3.05, 3.63) is 40.7 Å². The Morgan fingerprint density at radius 2 is 2.00 bits per heavy atom. The van der Waals surface area contributed by atoms with E-state index >= 15 is 0 Å². The van der Waals surface area contributed by atoms with E-state index in [0.29, 0.717) is 36.5 Å². The van der Waals surface area contributed by atoms with Gasteiger partial charge in [0.2, 0.25) is 11.1 Å². The van der Waals surface area contributed by atoms with Crippen LogP contribution in [-0.2, 0) is 9.53 Å². The molecule has 9 heteroatoms. The van der Waals surface area contributed by atoms with Crippen LogP contribution in [-0.4, -0.2) is 57.2 Å². The number of aromatic nitrogens is 3. The summed E-state index contributed by atoms with van der Waals surface area (Å²) in [5, 5.41) is 9.33. The average molecular weight is 380 g/mol. The number of morpholine rings is 1. The quantitative estimate of drug-likeness (QED) is 0.858. The summed E-state index contributed by atoms with van der Waals surface area (Å²) in [6, 6.07) is 7.39. The molecule has 132 valence electrons. The highest BCUT2D eigenvalue weighted by molar-refractivity contribution is 8.00. The van der Waals surface area contributed by atoms with E-state index in [-0.39, 0.29) is 17.2 Å². The maximum absolute atomic E-state index is 13.1. The molecule has 2 atom stereocenters. The van der Waals surface area contributed by atoms with Crippen LogP contribution >= 0.6 is 23.4 Å². The third-order valence-electron chi connectivity index (χ3n) is 4.39. The van der Waals surface area contributed by atoms with Gasteiger partial charge in [-0.3, -0.25) is 4.79 Å². The van der Waals surface area contributed by atoms with Crippen LogP contribution in [0.25, 0.3) is 0 Å². The van der Waals surface area contributed by atoms with Crippen molar-refractivity contribution in [2.75, 3.05) is 31.7 Å². The highest BCUT2D eigenvalue weighted by atomic mass is 35.5. The number of benzene rings is 1. The molecule has 4 rings (SSSR count). The van der Waals surface area contributed by atoms with Crippen LogP contribution in [0.5, 0.6) is 0 Å². The second kappa shape index (κ2) is 6.86. The summed E-state index contributed by atoms with van der Waals surface area (Å²) in [6.45, 7) is 4.28. The van der Waals surface area contributed by atoms with Crippen LogP contribution < -0.4 is 5.43 Å². The minimum atomic E-state index is -0.324. The van der Waals surface area contributed by atoms with Crippen LogP contribution in [0.4, 0.5) is 0 Å². The van der Waals surface area contributed by atoms with Crippen molar-refractivity contribution in [2.45, 2.75) is 23.4 Å². The Labute approximate surface area is 154 Å². The zero-order valence-corrected chi connectivity index (χ0v) is 15.3. The van der Waals surface area contributed by atoms with Crippen LogP contribution in [0.15, 0.2) is 29.4 Å². The number of thioether (sulfide) groups is 1. The van der Waals surface area contributed by atoms with Crippen LogP contribution in [0.3, 0.4) is 0 Å². The van der Waals surface area contributed by atoms with Crippen molar-refractivity contribution in [3.63, 3.8) is 0 Å². The molecular weight excluding hydrogens is 362 g/mol. The predicted molar refractivity (Wildman–Crippen MR) is 95.4 cm³/mol. The fourth-order valence-corrected chi connectivity index (χ4v) is 4.37. The number of carbonyl (C=O) groups excluding carboxylic acids is 1. The van der Waals surface area contributed by atoms with Gasteiger partial charge in [0.25, 0.3) is 0 Å². The number of fused-ring (bicyclic) bond motifs is 1. The Balaban J connectivity index is 1.68. The van der Waals surface area contributed by atoms with Gasteiger partial charge in [-0.05, 0) is 24.6 Å². The van der Waals surface area contributed by atoms with Crippen molar-refractivity contribution >= 4 is 29.3 Å². The number of amides is 1. The number of halogens is 1. The highest BCUT2D eigenvalue weighted by Gasteiger charge is 2.39. The molecule has 1 amide bonds. The van der Waals surface area contributed by atoms with Crippen molar-refractivity contribution in [1.82, 2.24) is 19.8 Å². The van der Waals surface area contributed by atoms with Gasteiger partial charge in [0.05, 0.1) is 19.3 Å². The molecule has 1 fully saturated rings. The lowest BCUT2D eigenvalue weighted by molar-refractivity contribution is -0.135. The Bertz CT molecular complexity index is 775. The van der Waals surface area contributed by atoms with Crippen LogP contribution in [0.2, 0.25) is 5.02 Å². The summed E-state index contributed by atoms with van der Waals surface area (Å²) in [5.41, 5.74) is 4.40. The number of carbonyl (C=O) groups is 1. The molecule has 2 aromatic rings. The topological polar surface area (TPSA) is 72.3 Å². The minimum Gasteiger partial charge on any atom is -0.378 e. The molecule has 0 bridgehead atoms. The molecule has 1 aromatic heterocycles. The smallest absolute Gasteiger partial charge is 0.238 e. The SMILES string of the molecule is Cc1nnc2n1N[C@@H](c1ccc(Cl)cc1)[C@@H](C(=O)N1CCOCC1)S2. The standard InChI is InChI=1S/C16H18ClN5O2S/c1-10-18-19-16-22(10)20-13(11-2-4-12(17)5-3-11)14(25-16)15(23)21-6-8-24-9-7-21/h2-5,13-14,20H,6-9H2,1H3/t13-,14-/m0/s1. The maximum Gasteiger partial charge on any atom is 0.238 e. The van der Waals surface area contributed by atoms with Gasteiger partial charge in [0.15, 0.2) is 0 Å². The monoisotopic (exact) mass is 379 g/mol. The number of hydrogen-bond acceptors (Lipinski definition) is 6. The fraction of sp³-hybridized carbons (Fsp3) is 0.438. The molecule has 0 aliphatic carbocycles. The number of rotatable bonds is 2. The van der Waals surface area contributed by atoms with Crippen molar-refractivity contribution in [3.8, 4) is 0 Å². The lowest BCUT2D eigenvalue weighted by atomic mass is 10.0. The average Bonchev–Trinajstić information content (AvgIpc) is 3.02. The first-order chi connectivity index (χ1) is 12.1. The largest absolute Gasteiger partial charge is 0.378 e. The van der Waals surface area contributed by atoms with E-state index in [2.05, 4.69) is 15.6 Å². The van der Waals surface area contributed by atoms with Gasteiger partial charge in [0.1, 0.15) is 11.1 Å². The van der Waals surface area contributed by atoms with Gasteiger partial charge in [-0.25, -0.2) is 4.68 Å². The van der Waals surface area contributed by atoms with E-state index in [4.69, 9.17) is 16.3 Å². The summed E-state index contributed by atoms with van der Waals surface area (Å²) in [5.74, 6) is 0.853. The Hall–Kier alpha value is -1.77. The Morgan fingerprint density at radius 3 is 2.72 bits per heavy atom. The molecule has 2 aliphatic heterocycles. The molecule has 25 heavy (non-hydrogen) atoms. The third kappa shape index (κ3) is 3.21. The molecule has 3 heterocycles. The summed E-state index contributed by atoms with van der Waals surface area (Å²) >= 11 is 7.47. The van der Waals surface area contributed by atoms with Crippen molar-refractivity contribution < 1.29 is 9.53 Å². The van der Waals surface area contributed by atoms with E-state index in [0.717, 1.165) is 11.4 Å². The van der Waals surface area contributed by atoms with Crippen LogP contribution in [0, 0.1) is 6.92 Å². The Morgan fingerprint density at radius 1 is 1.28 bits per heavy atom. The zero-order chi connectivity index (χ0) is 17.4. The predicted octanol–water partition coefficient (Wildman–Crippen LogP) is 1.86. The Kier molecular flexibility index (Phi) is 4.58. The van der Waals surface area contributed by atoms with Gasteiger partial charge in [-0.2, -0.15) is 0 Å². The van der Waals surface area contributed by atoms with E-state index in [1.54, 1.807) is 0 Å². The van der Waals surface area contributed by atoms with E-state index in [9.17, 15) is 4.79 Å².